The van der Waals surface area contributed by atoms with Crippen LogP contribution in [0.2, 0.25) is 0 Å². The average molecular weight is 419 g/mol. The Hall–Kier alpha value is -0.820. The van der Waals surface area contributed by atoms with Crippen LogP contribution in [0.15, 0.2) is 35.3 Å². The predicted octanol–water partition coefficient (Wildman–Crippen LogP) is 3.39. The van der Waals surface area contributed by atoms with Crippen LogP contribution in [-0.4, -0.2) is 38.8 Å². The van der Waals surface area contributed by atoms with Gasteiger partial charge in [0.15, 0.2) is 5.96 Å². The second-order valence-corrected chi connectivity index (χ2v) is 4.98. The molecule has 0 fully saturated rings. The first kappa shape index (κ1) is 21.2. The molecule has 0 radical (unpaired) electrons. The van der Waals surface area contributed by atoms with Gasteiger partial charge in [0.1, 0.15) is 0 Å². The van der Waals surface area contributed by atoms with Gasteiger partial charge in [-0.25, -0.2) is 0 Å². The summed E-state index contributed by atoms with van der Waals surface area (Å²) in [6, 6.07) is 10.6. The van der Waals surface area contributed by atoms with Crippen molar-refractivity contribution in [3.8, 4) is 0 Å². The lowest BCUT2D eigenvalue weighted by atomic mass is 9.98. The van der Waals surface area contributed by atoms with E-state index in [1.165, 1.54) is 5.56 Å². The van der Waals surface area contributed by atoms with Gasteiger partial charge in [-0.15, -0.1) is 24.0 Å². The molecule has 0 aliphatic carbocycles. The van der Waals surface area contributed by atoms with Crippen molar-refractivity contribution in [1.29, 1.82) is 0 Å². The van der Waals surface area contributed by atoms with E-state index in [0.717, 1.165) is 38.6 Å². The Kier molecular flexibility index (Phi) is 13.3. The zero-order valence-corrected chi connectivity index (χ0v) is 16.3. The Labute approximate surface area is 152 Å². The Bertz CT molecular complexity index is 398. The highest BCUT2D eigenvalue weighted by molar-refractivity contribution is 14.0. The fraction of sp³-hybridized carbons (Fsp3) is 0.588. The lowest BCUT2D eigenvalue weighted by Gasteiger charge is -2.13. The van der Waals surface area contributed by atoms with Crippen molar-refractivity contribution in [1.82, 2.24) is 10.6 Å². The minimum Gasteiger partial charge on any atom is -0.380 e. The normalized spacial score (nSPS) is 12.4. The molecule has 0 saturated heterocycles. The highest BCUT2D eigenvalue weighted by Gasteiger charge is 2.04. The number of nitrogens with one attached hydrogen (secondary N) is 2. The Morgan fingerprint density at radius 1 is 1.18 bits per heavy atom. The molecule has 126 valence electrons. The fourth-order valence-electron chi connectivity index (χ4n) is 2.05. The SMILES string of the molecule is CCNC(=NCCC(C)c1ccccc1)NCCOCC.I. The largest absolute Gasteiger partial charge is 0.380 e. The van der Waals surface area contributed by atoms with E-state index in [0.29, 0.717) is 12.5 Å². The van der Waals surface area contributed by atoms with Gasteiger partial charge in [0.2, 0.25) is 0 Å². The van der Waals surface area contributed by atoms with Crippen LogP contribution in [-0.2, 0) is 4.74 Å². The number of nitrogens with zero attached hydrogens (tertiary/aromatic N) is 1. The van der Waals surface area contributed by atoms with E-state index in [1.54, 1.807) is 0 Å². The number of benzene rings is 1. The molecule has 1 unspecified atom stereocenters. The van der Waals surface area contributed by atoms with E-state index < -0.39 is 0 Å². The molecule has 0 spiro atoms. The Balaban J connectivity index is 0.00000441. The molecule has 4 nitrogen and oxygen atoms in total. The van der Waals surface area contributed by atoms with Gasteiger partial charge in [0.05, 0.1) is 6.61 Å². The molecule has 1 aromatic rings. The molecule has 1 atom stereocenters. The van der Waals surface area contributed by atoms with E-state index >= 15 is 0 Å². The zero-order chi connectivity index (χ0) is 15.3. The monoisotopic (exact) mass is 419 g/mol. The van der Waals surface area contributed by atoms with Crippen molar-refractivity contribution in [2.24, 2.45) is 4.99 Å². The van der Waals surface area contributed by atoms with E-state index in [-0.39, 0.29) is 24.0 Å². The van der Waals surface area contributed by atoms with Gasteiger partial charge >= 0.3 is 0 Å². The third-order valence-electron chi connectivity index (χ3n) is 3.29. The lowest BCUT2D eigenvalue weighted by molar-refractivity contribution is 0.152. The molecule has 0 aliphatic heterocycles. The standard InChI is InChI=1S/C17H29N3O.HI/c1-4-18-17(20-13-14-21-5-2)19-12-11-15(3)16-9-7-6-8-10-16;/h6-10,15H,4-5,11-14H2,1-3H3,(H2,18,19,20);1H. The van der Waals surface area contributed by atoms with Crippen LogP contribution in [0.3, 0.4) is 0 Å². The molecule has 2 N–H and O–H groups in total. The van der Waals surface area contributed by atoms with E-state index in [2.05, 4.69) is 59.8 Å². The highest BCUT2D eigenvalue weighted by Crippen LogP contribution is 2.17. The summed E-state index contributed by atoms with van der Waals surface area (Å²) in [5.74, 6) is 1.40. The highest BCUT2D eigenvalue weighted by atomic mass is 127. The minimum absolute atomic E-state index is 0. The number of halogens is 1. The smallest absolute Gasteiger partial charge is 0.191 e. The van der Waals surface area contributed by atoms with E-state index in [9.17, 15) is 0 Å². The fourth-order valence-corrected chi connectivity index (χ4v) is 2.05. The molecule has 0 aromatic heterocycles. The first-order valence-corrected chi connectivity index (χ1v) is 7.92. The second-order valence-electron chi connectivity index (χ2n) is 4.98. The summed E-state index contributed by atoms with van der Waals surface area (Å²) < 4.78 is 5.32. The van der Waals surface area contributed by atoms with Crippen LogP contribution < -0.4 is 10.6 Å². The minimum atomic E-state index is 0. The number of rotatable bonds is 9. The average Bonchev–Trinajstić information content (AvgIpc) is 2.52. The van der Waals surface area contributed by atoms with Crippen molar-refractivity contribution in [2.75, 3.05) is 32.8 Å². The summed E-state index contributed by atoms with van der Waals surface area (Å²) in [4.78, 5) is 4.62. The third kappa shape index (κ3) is 9.25. The number of ether oxygens (including phenoxy) is 1. The van der Waals surface area contributed by atoms with Crippen LogP contribution in [0.5, 0.6) is 0 Å². The second kappa shape index (κ2) is 13.8. The Morgan fingerprint density at radius 3 is 2.55 bits per heavy atom. The van der Waals surface area contributed by atoms with Crippen molar-refractivity contribution in [2.45, 2.75) is 33.1 Å². The maximum absolute atomic E-state index is 5.32. The van der Waals surface area contributed by atoms with Crippen molar-refractivity contribution in [3.63, 3.8) is 0 Å². The molecule has 0 saturated carbocycles. The van der Waals surface area contributed by atoms with Crippen LogP contribution in [0.4, 0.5) is 0 Å². The van der Waals surface area contributed by atoms with Crippen molar-refractivity contribution < 1.29 is 4.74 Å². The number of hydrogen-bond acceptors (Lipinski definition) is 2. The van der Waals surface area contributed by atoms with Gasteiger partial charge in [-0.2, -0.15) is 0 Å². The summed E-state index contributed by atoms with van der Waals surface area (Å²) in [5, 5.41) is 6.54. The topological polar surface area (TPSA) is 45.7 Å². The van der Waals surface area contributed by atoms with E-state index in [4.69, 9.17) is 4.74 Å². The number of guanidine groups is 1. The molecule has 5 heteroatoms. The quantitative estimate of drug-likeness (QED) is 0.279. The Morgan fingerprint density at radius 2 is 1.91 bits per heavy atom. The number of aliphatic imine (C=N–C) groups is 1. The molecule has 22 heavy (non-hydrogen) atoms. The van der Waals surface area contributed by atoms with Gasteiger partial charge in [0.25, 0.3) is 0 Å². The summed E-state index contributed by atoms with van der Waals surface area (Å²) in [6.07, 6.45) is 1.05. The molecule has 0 bridgehead atoms. The molecule has 0 amide bonds. The molecule has 0 heterocycles. The molecular formula is C17H30IN3O. The predicted molar refractivity (Wildman–Crippen MR) is 105 cm³/mol. The van der Waals surface area contributed by atoms with Crippen molar-refractivity contribution >= 4 is 29.9 Å². The van der Waals surface area contributed by atoms with Crippen LogP contribution in [0, 0.1) is 0 Å². The summed E-state index contributed by atoms with van der Waals surface area (Å²) >= 11 is 0. The molecule has 1 rings (SSSR count). The number of hydrogen-bond donors (Lipinski definition) is 2. The summed E-state index contributed by atoms with van der Waals surface area (Å²) in [6.45, 7) is 10.3. The van der Waals surface area contributed by atoms with Gasteiger partial charge in [-0.1, -0.05) is 37.3 Å². The van der Waals surface area contributed by atoms with Gasteiger partial charge < -0.3 is 15.4 Å². The maximum Gasteiger partial charge on any atom is 0.191 e. The maximum atomic E-state index is 5.32. The molecule has 0 aliphatic rings. The molecular weight excluding hydrogens is 389 g/mol. The first-order chi connectivity index (χ1) is 10.3. The van der Waals surface area contributed by atoms with Crippen LogP contribution in [0.25, 0.3) is 0 Å². The molecule has 1 aromatic carbocycles. The van der Waals surface area contributed by atoms with Crippen molar-refractivity contribution in [3.05, 3.63) is 35.9 Å². The van der Waals surface area contributed by atoms with Crippen LogP contribution in [0.1, 0.15) is 38.7 Å². The summed E-state index contributed by atoms with van der Waals surface area (Å²) in [5.41, 5.74) is 1.38. The van der Waals surface area contributed by atoms with Crippen LogP contribution >= 0.6 is 24.0 Å². The third-order valence-corrected chi connectivity index (χ3v) is 3.29. The van der Waals surface area contributed by atoms with Gasteiger partial charge in [-0.05, 0) is 31.7 Å². The lowest BCUT2D eigenvalue weighted by Crippen LogP contribution is -2.39. The zero-order valence-electron chi connectivity index (χ0n) is 14.0. The summed E-state index contributed by atoms with van der Waals surface area (Å²) in [7, 11) is 0. The van der Waals surface area contributed by atoms with Gasteiger partial charge in [0, 0.05) is 26.2 Å². The van der Waals surface area contributed by atoms with E-state index in [1.807, 2.05) is 6.92 Å². The first-order valence-electron chi connectivity index (χ1n) is 7.92. The van der Waals surface area contributed by atoms with Gasteiger partial charge in [-0.3, -0.25) is 4.99 Å².